The lowest BCUT2D eigenvalue weighted by atomic mass is 10.1. The number of carbonyl (C=O) groups is 1. The van der Waals surface area contributed by atoms with E-state index in [9.17, 15) is 14.0 Å². The Hall–Kier alpha value is -3.62. The molecule has 1 amide bonds. The van der Waals surface area contributed by atoms with Crippen LogP contribution in [0.3, 0.4) is 0 Å². The van der Waals surface area contributed by atoms with Gasteiger partial charge in [-0.2, -0.15) is 5.10 Å². The van der Waals surface area contributed by atoms with Gasteiger partial charge in [-0.3, -0.25) is 14.2 Å². The van der Waals surface area contributed by atoms with Crippen molar-refractivity contribution >= 4 is 11.7 Å². The third-order valence-electron chi connectivity index (χ3n) is 5.95. The maximum atomic E-state index is 13.1. The lowest BCUT2D eigenvalue weighted by Crippen LogP contribution is -2.50. The standard InChI is InChI=1S/C23H23FN6O2/c24-18-5-3-17(4-6-18)20-13-22(31)30(15-25-20)14-23(32)29-11-9-28(10-12-29)21-8-7-19(26-27-21)16-1-2-16/h3-8,13,15-16H,1-2,9-12,14H2. The second-order valence-electron chi connectivity index (χ2n) is 8.21. The Balaban J connectivity index is 1.18. The number of piperazine rings is 1. The van der Waals surface area contributed by atoms with Crippen LogP contribution in [0, 0.1) is 5.82 Å². The quantitative estimate of drug-likeness (QED) is 0.611. The van der Waals surface area contributed by atoms with Crippen LogP contribution in [0.15, 0.2) is 53.6 Å². The normalized spacial score (nSPS) is 16.3. The highest BCUT2D eigenvalue weighted by Crippen LogP contribution is 2.38. The van der Waals surface area contributed by atoms with Crippen LogP contribution in [0.4, 0.5) is 10.2 Å². The molecule has 1 aromatic carbocycles. The van der Waals surface area contributed by atoms with Gasteiger partial charge < -0.3 is 9.80 Å². The molecule has 164 valence electrons. The fourth-order valence-corrected chi connectivity index (χ4v) is 3.85. The minimum atomic E-state index is -0.352. The Bertz CT molecular complexity index is 1170. The first-order valence-corrected chi connectivity index (χ1v) is 10.8. The van der Waals surface area contributed by atoms with E-state index in [0.29, 0.717) is 43.4 Å². The molecule has 2 fully saturated rings. The highest BCUT2D eigenvalue weighted by molar-refractivity contribution is 5.76. The molecule has 1 aliphatic carbocycles. The van der Waals surface area contributed by atoms with E-state index in [2.05, 4.69) is 20.1 Å². The Labute approximate surface area is 184 Å². The molecule has 0 N–H and O–H groups in total. The van der Waals surface area contributed by atoms with E-state index in [1.165, 1.54) is 41.9 Å². The fraction of sp³-hybridized carbons (Fsp3) is 0.348. The molecular weight excluding hydrogens is 411 g/mol. The molecular formula is C23H23FN6O2. The summed E-state index contributed by atoms with van der Waals surface area (Å²) in [5, 5.41) is 8.68. The molecule has 32 heavy (non-hydrogen) atoms. The summed E-state index contributed by atoms with van der Waals surface area (Å²) in [4.78, 5) is 33.3. The number of carbonyl (C=O) groups excluding carboxylic acids is 1. The number of benzene rings is 1. The van der Waals surface area contributed by atoms with E-state index in [0.717, 1.165) is 11.5 Å². The maximum Gasteiger partial charge on any atom is 0.254 e. The lowest BCUT2D eigenvalue weighted by Gasteiger charge is -2.35. The molecule has 0 unspecified atom stereocenters. The molecule has 0 bridgehead atoms. The highest BCUT2D eigenvalue weighted by atomic mass is 19.1. The number of amides is 1. The minimum Gasteiger partial charge on any atom is -0.352 e. The number of nitrogens with zero attached hydrogens (tertiary/aromatic N) is 6. The van der Waals surface area contributed by atoms with Crippen LogP contribution in [-0.2, 0) is 11.3 Å². The van der Waals surface area contributed by atoms with Crippen molar-refractivity contribution in [3.05, 3.63) is 70.7 Å². The number of anilines is 1. The second kappa shape index (κ2) is 8.49. The van der Waals surface area contributed by atoms with Crippen LogP contribution in [0.2, 0.25) is 0 Å². The molecule has 1 saturated heterocycles. The summed E-state index contributed by atoms with van der Waals surface area (Å²) in [6, 6.07) is 11.2. The predicted octanol–water partition coefficient (Wildman–Crippen LogP) is 2.07. The van der Waals surface area contributed by atoms with Crippen molar-refractivity contribution in [3.63, 3.8) is 0 Å². The monoisotopic (exact) mass is 434 g/mol. The summed E-state index contributed by atoms with van der Waals surface area (Å²) in [5.74, 6) is 0.931. The number of halogens is 1. The summed E-state index contributed by atoms with van der Waals surface area (Å²) < 4.78 is 14.4. The zero-order chi connectivity index (χ0) is 22.1. The van der Waals surface area contributed by atoms with E-state index in [-0.39, 0.29) is 23.8 Å². The molecule has 0 spiro atoms. The lowest BCUT2D eigenvalue weighted by molar-refractivity contribution is -0.132. The van der Waals surface area contributed by atoms with Crippen LogP contribution >= 0.6 is 0 Å². The van der Waals surface area contributed by atoms with Crippen LogP contribution in [0.25, 0.3) is 11.3 Å². The zero-order valence-corrected chi connectivity index (χ0v) is 17.5. The van der Waals surface area contributed by atoms with E-state index in [4.69, 9.17) is 0 Å². The Morgan fingerprint density at radius 1 is 1.00 bits per heavy atom. The second-order valence-corrected chi connectivity index (χ2v) is 8.21. The first kappa shape index (κ1) is 20.3. The van der Waals surface area contributed by atoms with Crippen molar-refractivity contribution in [2.75, 3.05) is 31.1 Å². The number of hydrogen-bond donors (Lipinski definition) is 0. The molecule has 2 aliphatic rings. The third kappa shape index (κ3) is 4.37. The molecule has 1 aliphatic heterocycles. The first-order valence-electron chi connectivity index (χ1n) is 10.8. The summed E-state index contributed by atoms with van der Waals surface area (Å²) in [6.07, 6.45) is 3.76. The van der Waals surface area contributed by atoms with E-state index < -0.39 is 0 Å². The van der Waals surface area contributed by atoms with Gasteiger partial charge in [0, 0.05) is 43.7 Å². The average Bonchev–Trinajstić information content (AvgIpc) is 3.67. The summed E-state index contributed by atoms with van der Waals surface area (Å²) >= 11 is 0. The van der Waals surface area contributed by atoms with Crippen LogP contribution in [0.1, 0.15) is 24.5 Å². The van der Waals surface area contributed by atoms with Gasteiger partial charge >= 0.3 is 0 Å². The SMILES string of the molecule is O=C(Cn1cnc(-c2ccc(F)cc2)cc1=O)N1CCN(c2ccc(C3CC3)nn2)CC1. The topological polar surface area (TPSA) is 84.2 Å². The smallest absolute Gasteiger partial charge is 0.254 e. The molecule has 3 aromatic rings. The van der Waals surface area contributed by atoms with Crippen molar-refractivity contribution in [1.82, 2.24) is 24.6 Å². The van der Waals surface area contributed by atoms with Gasteiger partial charge in [0.2, 0.25) is 5.91 Å². The minimum absolute atomic E-state index is 0.0641. The first-order chi connectivity index (χ1) is 15.6. The number of aromatic nitrogens is 4. The van der Waals surface area contributed by atoms with Crippen molar-refractivity contribution in [1.29, 1.82) is 0 Å². The molecule has 0 atom stereocenters. The number of rotatable bonds is 5. The summed E-state index contributed by atoms with van der Waals surface area (Å²) in [7, 11) is 0. The van der Waals surface area contributed by atoms with Gasteiger partial charge in [0.1, 0.15) is 12.4 Å². The average molecular weight is 434 g/mol. The van der Waals surface area contributed by atoms with Crippen LogP contribution in [0.5, 0.6) is 0 Å². The Morgan fingerprint density at radius 3 is 2.38 bits per heavy atom. The molecule has 2 aromatic heterocycles. The van der Waals surface area contributed by atoms with E-state index in [1.54, 1.807) is 17.0 Å². The van der Waals surface area contributed by atoms with Crippen LogP contribution in [-0.4, -0.2) is 56.7 Å². The molecule has 8 nitrogen and oxygen atoms in total. The van der Waals surface area contributed by atoms with Crippen molar-refractivity contribution < 1.29 is 9.18 Å². The predicted molar refractivity (Wildman–Crippen MR) is 117 cm³/mol. The summed E-state index contributed by atoms with van der Waals surface area (Å²) in [5.41, 5.74) is 1.83. The van der Waals surface area contributed by atoms with Crippen molar-refractivity contribution in [2.45, 2.75) is 25.3 Å². The highest BCUT2D eigenvalue weighted by Gasteiger charge is 2.26. The molecule has 3 heterocycles. The van der Waals surface area contributed by atoms with Crippen molar-refractivity contribution in [2.24, 2.45) is 0 Å². The van der Waals surface area contributed by atoms with Gasteiger partial charge in [-0.1, -0.05) is 0 Å². The Kier molecular flexibility index (Phi) is 5.38. The molecule has 1 saturated carbocycles. The third-order valence-corrected chi connectivity index (χ3v) is 5.95. The zero-order valence-electron chi connectivity index (χ0n) is 17.5. The summed E-state index contributed by atoms with van der Waals surface area (Å²) in [6.45, 7) is 2.38. The fourth-order valence-electron chi connectivity index (χ4n) is 3.85. The van der Waals surface area contributed by atoms with Crippen LogP contribution < -0.4 is 10.5 Å². The van der Waals surface area contributed by atoms with E-state index >= 15 is 0 Å². The molecule has 0 radical (unpaired) electrons. The maximum absolute atomic E-state index is 13.1. The molecule has 9 heteroatoms. The largest absolute Gasteiger partial charge is 0.352 e. The van der Waals surface area contributed by atoms with Gasteiger partial charge in [-0.25, -0.2) is 9.37 Å². The van der Waals surface area contributed by atoms with Gasteiger partial charge in [0.25, 0.3) is 5.56 Å². The molecule has 5 rings (SSSR count). The van der Waals surface area contributed by atoms with Gasteiger partial charge in [0.15, 0.2) is 5.82 Å². The number of hydrogen-bond acceptors (Lipinski definition) is 6. The van der Waals surface area contributed by atoms with Gasteiger partial charge in [-0.05, 0) is 49.2 Å². The van der Waals surface area contributed by atoms with Gasteiger partial charge in [0.05, 0.1) is 17.7 Å². The Morgan fingerprint density at radius 2 is 1.75 bits per heavy atom. The van der Waals surface area contributed by atoms with Gasteiger partial charge in [-0.15, -0.1) is 5.10 Å². The van der Waals surface area contributed by atoms with E-state index in [1.807, 2.05) is 12.1 Å². The van der Waals surface area contributed by atoms with Crippen molar-refractivity contribution in [3.8, 4) is 11.3 Å².